The largest absolute Gasteiger partial charge is 0.468 e. The fourth-order valence-corrected chi connectivity index (χ4v) is 1.31. The lowest BCUT2D eigenvalue weighted by molar-refractivity contribution is 0.457. The van der Waals surface area contributed by atoms with Gasteiger partial charge in [0.25, 0.3) is 0 Å². The van der Waals surface area contributed by atoms with Crippen molar-refractivity contribution in [3.8, 4) is 0 Å². The Balaban J connectivity index is 1.90. The van der Waals surface area contributed by atoms with Gasteiger partial charge in [-0.1, -0.05) is 0 Å². The Morgan fingerprint density at radius 2 is 2.40 bits per heavy atom. The van der Waals surface area contributed by atoms with Crippen molar-refractivity contribution in [2.45, 2.75) is 19.5 Å². The predicted molar refractivity (Wildman–Crippen MR) is 56.0 cm³/mol. The SMILES string of the molecule is CC(NCc1ccco1)c1cnccn1. The first-order valence-corrected chi connectivity index (χ1v) is 4.88. The van der Waals surface area contributed by atoms with E-state index < -0.39 is 0 Å². The fraction of sp³-hybridized carbons (Fsp3) is 0.273. The summed E-state index contributed by atoms with van der Waals surface area (Å²) in [4.78, 5) is 8.25. The Hall–Kier alpha value is -1.68. The van der Waals surface area contributed by atoms with Crippen LogP contribution in [0.3, 0.4) is 0 Å². The summed E-state index contributed by atoms with van der Waals surface area (Å²) in [5, 5.41) is 3.31. The van der Waals surface area contributed by atoms with Gasteiger partial charge in [-0.25, -0.2) is 0 Å². The van der Waals surface area contributed by atoms with Crippen LogP contribution in [0, 0.1) is 0 Å². The summed E-state index contributed by atoms with van der Waals surface area (Å²) in [5.74, 6) is 0.922. The predicted octanol–water partition coefficient (Wildman–Crippen LogP) is 1.92. The summed E-state index contributed by atoms with van der Waals surface area (Å²) in [6, 6.07) is 3.99. The molecule has 0 amide bonds. The van der Waals surface area contributed by atoms with Gasteiger partial charge in [0.05, 0.1) is 18.5 Å². The molecule has 78 valence electrons. The van der Waals surface area contributed by atoms with Gasteiger partial charge in [-0.15, -0.1) is 0 Å². The van der Waals surface area contributed by atoms with Crippen molar-refractivity contribution in [1.29, 1.82) is 0 Å². The van der Waals surface area contributed by atoms with E-state index in [4.69, 9.17) is 4.42 Å². The van der Waals surface area contributed by atoms with Gasteiger partial charge >= 0.3 is 0 Å². The smallest absolute Gasteiger partial charge is 0.117 e. The van der Waals surface area contributed by atoms with Gasteiger partial charge in [0.1, 0.15) is 5.76 Å². The molecule has 0 saturated carbocycles. The maximum Gasteiger partial charge on any atom is 0.117 e. The fourth-order valence-electron chi connectivity index (χ4n) is 1.31. The van der Waals surface area contributed by atoms with Crippen LogP contribution < -0.4 is 5.32 Å². The van der Waals surface area contributed by atoms with Crippen molar-refractivity contribution in [2.24, 2.45) is 0 Å². The van der Waals surface area contributed by atoms with E-state index in [1.54, 1.807) is 24.9 Å². The molecule has 0 radical (unpaired) electrons. The normalized spacial score (nSPS) is 12.6. The summed E-state index contributed by atoms with van der Waals surface area (Å²) in [7, 11) is 0. The minimum atomic E-state index is 0.170. The number of aromatic nitrogens is 2. The van der Waals surface area contributed by atoms with Crippen molar-refractivity contribution in [3.63, 3.8) is 0 Å². The molecule has 0 aliphatic heterocycles. The first-order chi connectivity index (χ1) is 7.36. The third kappa shape index (κ3) is 2.63. The van der Waals surface area contributed by atoms with Gasteiger partial charge in [-0.3, -0.25) is 9.97 Å². The Morgan fingerprint density at radius 1 is 1.47 bits per heavy atom. The lowest BCUT2D eigenvalue weighted by Crippen LogP contribution is -2.18. The molecule has 15 heavy (non-hydrogen) atoms. The van der Waals surface area contributed by atoms with Gasteiger partial charge in [0, 0.05) is 24.6 Å². The first-order valence-electron chi connectivity index (χ1n) is 4.88. The van der Waals surface area contributed by atoms with E-state index in [-0.39, 0.29) is 6.04 Å². The molecule has 0 bridgehead atoms. The number of rotatable bonds is 4. The number of hydrogen-bond acceptors (Lipinski definition) is 4. The summed E-state index contributed by atoms with van der Waals surface area (Å²) in [5.41, 5.74) is 0.934. The third-order valence-corrected chi connectivity index (χ3v) is 2.19. The molecular weight excluding hydrogens is 190 g/mol. The van der Waals surface area contributed by atoms with Crippen LogP contribution in [-0.2, 0) is 6.54 Å². The minimum absolute atomic E-state index is 0.170. The van der Waals surface area contributed by atoms with Crippen LogP contribution in [0.25, 0.3) is 0 Å². The second kappa shape index (κ2) is 4.70. The Morgan fingerprint density at radius 3 is 3.07 bits per heavy atom. The second-order valence-corrected chi connectivity index (χ2v) is 3.31. The maximum absolute atomic E-state index is 5.22. The molecule has 1 atom stereocenters. The van der Waals surface area contributed by atoms with Crippen LogP contribution in [0.4, 0.5) is 0 Å². The molecule has 0 aliphatic rings. The summed E-state index contributed by atoms with van der Waals surface area (Å²) >= 11 is 0. The van der Waals surface area contributed by atoms with Crippen LogP contribution >= 0.6 is 0 Å². The average molecular weight is 203 g/mol. The lowest BCUT2D eigenvalue weighted by Gasteiger charge is -2.11. The van der Waals surface area contributed by atoms with Crippen LogP contribution in [0.1, 0.15) is 24.4 Å². The molecule has 4 nitrogen and oxygen atoms in total. The number of hydrogen-bond donors (Lipinski definition) is 1. The van der Waals surface area contributed by atoms with E-state index in [1.165, 1.54) is 0 Å². The molecule has 1 unspecified atom stereocenters. The van der Waals surface area contributed by atoms with Gasteiger partial charge in [-0.05, 0) is 19.1 Å². The zero-order valence-corrected chi connectivity index (χ0v) is 8.55. The number of nitrogens with one attached hydrogen (secondary N) is 1. The van der Waals surface area contributed by atoms with E-state index in [0.29, 0.717) is 6.54 Å². The number of nitrogens with zero attached hydrogens (tertiary/aromatic N) is 2. The highest BCUT2D eigenvalue weighted by Crippen LogP contribution is 2.08. The summed E-state index contributed by atoms with van der Waals surface area (Å²) in [6.07, 6.45) is 6.80. The molecule has 0 fully saturated rings. The van der Waals surface area contributed by atoms with Gasteiger partial charge < -0.3 is 9.73 Å². The molecular formula is C11H13N3O. The molecule has 4 heteroatoms. The summed E-state index contributed by atoms with van der Waals surface area (Å²) < 4.78 is 5.22. The second-order valence-electron chi connectivity index (χ2n) is 3.31. The van der Waals surface area contributed by atoms with Gasteiger partial charge in [-0.2, -0.15) is 0 Å². The Labute approximate surface area is 88.4 Å². The lowest BCUT2D eigenvalue weighted by atomic mass is 10.2. The highest BCUT2D eigenvalue weighted by molar-refractivity contribution is 5.02. The Kier molecular flexibility index (Phi) is 3.09. The quantitative estimate of drug-likeness (QED) is 0.824. The van der Waals surface area contributed by atoms with E-state index >= 15 is 0 Å². The number of furan rings is 1. The average Bonchev–Trinajstić information content (AvgIpc) is 2.80. The van der Waals surface area contributed by atoms with Crippen molar-refractivity contribution in [3.05, 3.63) is 48.4 Å². The minimum Gasteiger partial charge on any atom is -0.468 e. The molecule has 2 aromatic rings. The monoisotopic (exact) mass is 203 g/mol. The van der Waals surface area contributed by atoms with E-state index in [9.17, 15) is 0 Å². The zero-order valence-electron chi connectivity index (χ0n) is 8.55. The molecule has 2 aromatic heterocycles. The van der Waals surface area contributed by atoms with E-state index in [2.05, 4.69) is 15.3 Å². The van der Waals surface area contributed by atoms with Gasteiger partial charge in [0.2, 0.25) is 0 Å². The van der Waals surface area contributed by atoms with E-state index in [0.717, 1.165) is 11.5 Å². The summed E-state index contributed by atoms with van der Waals surface area (Å²) in [6.45, 7) is 2.75. The highest BCUT2D eigenvalue weighted by atomic mass is 16.3. The maximum atomic E-state index is 5.22. The molecule has 0 aliphatic carbocycles. The zero-order chi connectivity index (χ0) is 10.5. The molecule has 2 rings (SSSR count). The van der Waals surface area contributed by atoms with Crippen molar-refractivity contribution < 1.29 is 4.42 Å². The van der Waals surface area contributed by atoms with Crippen LogP contribution in [0.2, 0.25) is 0 Å². The third-order valence-electron chi connectivity index (χ3n) is 2.19. The highest BCUT2D eigenvalue weighted by Gasteiger charge is 2.06. The van der Waals surface area contributed by atoms with Crippen molar-refractivity contribution in [1.82, 2.24) is 15.3 Å². The standard InChI is InChI=1S/C11H13N3O/c1-9(11-8-12-4-5-13-11)14-7-10-3-2-6-15-10/h2-6,8-9,14H,7H2,1H3. The molecule has 0 aromatic carbocycles. The molecule has 0 saturated heterocycles. The first kappa shape index (κ1) is 9.86. The van der Waals surface area contributed by atoms with Crippen LogP contribution in [0.15, 0.2) is 41.4 Å². The van der Waals surface area contributed by atoms with E-state index in [1.807, 2.05) is 19.1 Å². The Bertz CT molecular complexity index is 385. The van der Waals surface area contributed by atoms with Crippen LogP contribution in [-0.4, -0.2) is 9.97 Å². The molecule has 2 heterocycles. The molecule has 0 spiro atoms. The van der Waals surface area contributed by atoms with Crippen LogP contribution in [0.5, 0.6) is 0 Å². The van der Waals surface area contributed by atoms with Gasteiger partial charge in [0.15, 0.2) is 0 Å². The molecule has 1 N–H and O–H groups in total. The van der Waals surface area contributed by atoms with Crippen molar-refractivity contribution in [2.75, 3.05) is 0 Å². The van der Waals surface area contributed by atoms with Crippen molar-refractivity contribution >= 4 is 0 Å². The topological polar surface area (TPSA) is 51.0 Å².